The molecule has 1 aliphatic heterocycles. The van der Waals surface area contributed by atoms with E-state index < -0.39 is 11.2 Å². The molecule has 0 saturated carbocycles. The van der Waals surface area contributed by atoms with Crippen molar-refractivity contribution in [3.63, 3.8) is 0 Å². The lowest BCUT2D eigenvalue weighted by molar-refractivity contribution is 0.0573. The molecule has 1 aromatic heterocycles. The zero-order chi connectivity index (χ0) is 20.8. The summed E-state index contributed by atoms with van der Waals surface area (Å²) in [7, 11) is 1.48. The Morgan fingerprint density at radius 2 is 1.90 bits per heavy atom. The first-order valence-electron chi connectivity index (χ1n) is 9.22. The highest BCUT2D eigenvalue weighted by atomic mass is 16.5. The molecule has 0 amide bonds. The number of rotatable bonds is 4. The van der Waals surface area contributed by atoms with Crippen LogP contribution in [0.25, 0.3) is 17.0 Å². The van der Waals surface area contributed by atoms with Gasteiger partial charge >= 0.3 is 5.63 Å². The Kier molecular flexibility index (Phi) is 4.42. The van der Waals surface area contributed by atoms with Crippen LogP contribution < -0.4 is 15.1 Å². The second-order valence-electron chi connectivity index (χ2n) is 7.28. The molecule has 1 unspecified atom stereocenters. The van der Waals surface area contributed by atoms with Crippen LogP contribution >= 0.6 is 0 Å². The van der Waals surface area contributed by atoms with Crippen molar-refractivity contribution in [1.29, 1.82) is 0 Å². The number of carbonyl (C=O) groups is 1. The van der Waals surface area contributed by atoms with Crippen molar-refractivity contribution in [2.75, 3.05) is 7.11 Å². The number of carbonyl (C=O) groups excluding carboxylic acids is 1. The lowest BCUT2D eigenvalue weighted by Gasteiger charge is -2.28. The number of benzene rings is 2. The fraction of sp³-hybridized carbons (Fsp3) is 0.217. The Morgan fingerprint density at radius 3 is 2.59 bits per heavy atom. The van der Waals surface area contributed by atoms with E-state index in [1.807, 2.05) is 13.8 Å². The van der Waals surface area contributed by atoms with Crippen molar-refractivity contribution < 1.29 is 23.8 Å². The smallest absolute Gasteiger partial charge is 0.336 e. The van der Waals surface area contributed by atoms with Gasteiger partial charge in [0.15, 0.2) is 17.1 Å². The standard InChI is InChI=1S/C23H20O6/c1-13(2)23(9-8-14-4-6-18(27-3)17(24)10-14)22(26)16-11-15-5-7-21(25)28-19(15)12-20(16)29-23/h4-13,24H,1-3H3/b9-8-. The SMILES string of the molecule is COc1ccc(/C=C\C2(C(C)C)Oc3cc4oc(=O)ccc4cc3C2=O)cc1O. The average Bonchev–Trinajstić information content (AvgIpc) is 2.97. The van der Waals surface area contributed by atoms with Crippen LogP contribution in [0.2, 0.25) is 0 Å². The molecule has 4 rings (SSSR count). The number of phenols is 1. The van der Waals surface area contributed by atoms with E-state index in [4.69, 9.17) is 13.9 Å². The summed E-state index contributed by atoms with van der Waals surface area (Å²) in [5, 5.41) is 10.6. The molecule has 1 atom stereocenters. The summed E-state index contributed by atoms with van der Waals surface area (Å²) in [4.78, 5) is 24.8. The van der Waals surface area contributed by atoms with E-state index in [1.165, 1.54) is 13.2 Å². The van der Waals surface area contributed by atoms with Crippen LogP contribution in [0, 0.1) is 5.92 Å². The predicted octanol–water partition coefficient (Wildman–Crippen LogP) is 4.19. The third-order valence-corrected chi connectivity index (χ3v) is 5.18. The van der Waals surface area contributed by atoms with Gasteiger partial charge in [0.25, 0.3) is 0 Å². The zero-order valence-electron chi connectivity index (χ0n) is 16.3. The first kappa shape index (κ1) is 18.8. The third-order valence-electron chi connectivity index (χ3n) is 5.18. The van der Waals surface area contributed by atoms with E-state index in [0.717, 1.165) is 0 Å². The lowest BCUT2D eigenvalue weighted by Crippen LogP contribution is -2.43. The summed E-state index contributed by atoms with van der Waals surface area (Å²) in [6.07, 6.45) is 3.45. The van der Waals surface area contributed by atoms with Crippen LogP contribution in [-0.4, -0.2) is 23.6 Å². The van der Waals surface area contributed by atoms with Crippen LogP contribution in [0.15, 0.2) is 57.8 Å². The second-order valence-corrected chi connectivity index (χ2v) is 7.28. The van der Waals surface area contributed by atoms with E-state index in [1.54, 1.807) is 48.6 Å². The molecule has 2 heterocycles. The monoisotopic (exact) mass is 392 g/mol. The van der Waals surface area contributed by atoms with Gasteiger partial charge in [0.1, 0.15) is 11.3 Å². The quantitative estimate of drug-likeness (QED) is 0.670. The molecule has 0 fully saturated rings. The number of hydrogen-bond acceptors (Lipinski definition) is 6. The van der Waals surface area contributed by atoms with E-state index in [9.17, 15) is 14.7 Å². The van der Waals surface area contributed by atoms with Crippen molar-refractivity contribution >= 4 is 22.8 Å². The predicted molar refractivity (Wildman–Crippen MR) is 109 cm³/mol. The van der Waals surface area contributed by atoms with Crippen molar-refractivity contribution in [2.24, 2.45) is 5.92 Å². The number of Topliss-reactive ketones (excluding diaryl/α,β-unsaturated/α-hetero) is 1. The summed E-state index contributed by atoms with van der Waals surface area (Å²) >= 11 is 0. The Labute approximate surface area is 167 Å². The molecule has 29 heavy (non-hydrogen) atoms. The van der Waals surface area contributed by atoms with Crippen LogP contribution in [0.4, 0.5) is 0 Å². The van der Waals surface area contributed by atoms with E-state index in [-0.39, 0.29) is 17.5 Å². The molecule has 0 radical (unpaired) electrons. The van der Waals surface area contributed by atoms with Crippen LogP contribution in [0.1, 0.15) is 29.8 Å². The minimum Gasteiger partial charge on any atom is -0.504 e. The summed E-state index contributed by atoms with van der Waals surface area (Å²) in [6.45, 7) is 3.80. The second kappa shape index (κ2) is 6.81. The average molecular weight is 392 g/mol. The number of fused-ring (bicyclic) bond motifs is 2. The summed E-state index contributed by atoms with van der Waals surface area (Å²) in [5.74, 6) is 0.434. The number of ether oxygens (including phenoxy) is 2. The topological polar surface area (TPSA) is 86.0 Å². The van der Waals surface area contributed by atoms with Crippen molar-refractivity contribution in [3.05, 3.63) is 70.1 Å². The molecule has 0 spiro atoms. The molecular formula is C23H20O6. The number of methoxy groups -OCH3 is 1. The van der Waals surface area contributed by atoms with Gasteiger partial charge in [0.2, 0.25) is 5.78 Å². The van der Waals surface area contributed by atoms with E-state index in [2.05, 4.69) is 0 Å². The summed E-state index contributed by atoms with van der Waals surface area (Å²) in [6, 6.07) is 11.2. The van der Waals surface area contributed by atoms with Gasteiger partial charge < -0.3 is 19.0 Å². The normalized spacial score (nSPS) is 18.4. The van der Waals surface area contributed by atoms with Crippen LogP contribution in [-0.2, 0) is 0 Å². The van der Waals surface area contributed by atoms with Gasteiger partial charge in [-0.25, -0.2) is 4.79 Å². The largest absolute Gasteiger partial charge is 0.504 e. The van der Waals surface area contributed by atoms with Gasteiger partial charge in [-0.05, 0) is 35.9 Å². The minimum atomic E-state index is -1.20. The van der Waals surface area contributed by atoms with Gasteiger partial charge in [-0.1, -0.05) is 26.0 Å². The molecule has 3 aromatic rings. The van der Waals surface area contributed by atoms with E-state index in [0.29, 0.717) is 33.6 Å². The maximum Gasteiger partial charge on any atom is 0.336 e. The fourth-order valence-corrected chi connectivity index (χ4v) is 3.51. The van der Waals surface area contributed by atoms with Crippen molar-refractivity contribution in [2.45, 2.75) is 19.4 Å². The van der Waals surface area contributed by atoms with Gasteiger partial charge in [0, 0.05) is 23.4 Å². The van der Waals surface area contributed by atoms with Crippen LogP contribution in [0.3, 0.4) is 0 Å². The molecule has 1 aliphatic rings. The molecule has 1 N–H and O–H groups in total. The first-order chi connectivity index (χ1) is 13.8. The van der Waals surface area contributed by atoms with Gasteiger partial charge in [0.05, 0.1) is 12.7 Å². The number of aromatic hydroxyl groups is 1. The highest BCUT2D eigenvalue weighted by molar-refractivity contribution is 6.11. The molecular weight excluding hydrogens is 372 g/mol. The van der Waals surface area contributed by atoms with Crippen molar-refractivity contribution in [1.82, 2.24) is 0 Å². The minimum absolute atomic E-state index is 0.0106. The fourth-order valence-electron chi connectivity index (χ4n) is 3.51. The number of phenolic OH excluding ortho intramolecular Hbond substituents is 1. The van der Waals surface area contributed by atoms with Crippen molar-refractivity contribution in [3.8, 4) is 17.2 Å². The van der Waals surface area contributed by atoms with Crippen LogP contribution in [0.5, 0.6) is 17.2 Å². The molecule has 148 valence electrons. The van der Waals surface area contributed by atoms with Gasteiger partial charge in [-0.2, -0.15) is 0 Å². The lowest BCUT2D eigenvalue weighted by atomic mass is 9.84. The maximum atomic E-state index is 13.3. The third kappa shape index (κ3) is 3.06. The first-order valence-corrected chi connectivity index (χ1v) is 9.22. The summed E-state index contributed by atoms with van der Waals surface area (Å²) in [5.41, 5.74) is -0.145. The molecule has 0 aliphatic carbocycles. The van der Waals surface area contributed by atoms with E-state index >= 15 is 0 Å². The highest BCUT2D eigenvalue weighted by Gasteiger charge is 2.48. The number of hydrogen-bond donors (Lipinski definition) is 1. The molecule has 0 bridgehead atoms. The zero-order valence-corrected chi connectivity index (χ0v) is 16.3. The van der Waals surface area contributed by atoms with Gasteiger partial charge in [-0.15, -0.1) is 0 Å². The molecule has 2 aromatic carbocycles. The molecule has 6 nitrogen and oxygen atoms in total. The Balaban J connectivity index is 1.76. The Hall–Kier alpha value is -3.54. The maximum absolute atomic E-state index is 13.3. The molecule has 6 heteroatoms. The summed E-state index contributed by atoms with van der Waals surface area (Å²) < 4.78 is 16.4. The molecule has 0 saturated heterocycles. The Bertz CT molecular complexity index is 1200. The highest BCUT2D eigenvalue weighted by Crippen LogP contribution is 2.42. The van der Waals surface area contributed by atoms with Gasteiger partial charge in [-0.3, -0.25) is 4.79 Å². The number of ketones is 1. The Morgan fingerprint density at radius 1 is 1.10 bits per heavy atom.